The number of ether oxygens (including phenoxy) is 2. The Morgan fingerprint density at radius 2 is 1.76 bits per heavy atom. The van der Waals surface area contributed by atoms with Crippen molar-refractivity contribution in [2.45, 2.75) is 12.5 Å². The molecule has 170 valence electrons. The van der Waals surface area contributed by atoms with Crippen molar-refractivity contribution in [3.8, 4) is 11.5 Å². The van der Waals surface area contributed by atoms with Gasteiger partial charge in [0.2, 0.25) is 5.91 Å². The van der Waals surface area contributed by atoms with Crippen molar-refractivity contribution in [1.82, 2.24) is 10.2 Å². The van der Waals surface area contributed by atoms with Gasteiger partial charge in [0, 0.05) is 6.07 Å². The lowest BCUT2D eigenvalue weighted by molar-refractivity contribution is -0.133. The summed E-state index contributed by atoms with van der Waals surface area (Å²) in [5, 5.41) is 7.45. The smallest absolute Gasteiger partial charge is 0.325 e. The number of fused-ring (bicyclic) bond motifs is 1. The molecule has 2 N–H and O–H groups in total. The van der Waals surface area contributed by atoms with Crippen LogP contribution in [-0.4, -0.2) is 43.5 Å². The van der Waals surface area contributed by atoms with Crippen LogP contribution < -0.4 is 20.1 Å². The Balaban J connectivity index is 1.58. The molecule has 0 spiro atoms. The summed E-state index contributed by atoms with van der Waals surface area (Å²) in [5.41, 5.74) is -0.359. The van der Waals surface area contributed by atoms with Gasteiger partial charge in [0.1, 0.15) is 23.6 Å². The van der Waals surface area contributed by atoms with E-state index in [9.17, 15) is 14.4 Å². The standard InChI is InChI=1S/C24H22ClN3O5/c1-24(16-10-6-8-14-7-4-5-9-15(14)16)22(30)28(23(31)27-24)13-21(29)26-18-11-17(25)19(32-2)12-20(18)33-3/h4-12H,13H2,1-3H3,(H,26,29)(H,27,31). The molecule has 1 fully saturated rings. The zero-order valence-corrected chi connectivity index (χ0v) is 19.0. The fourth-order valence-electron chi connectivity index (χ4n) is 3.98. The quantitative estimate of drug-likeness (QED) is 0.536. The van der Waals surface area contributed by atoms with Gasteiger partial charge in [-0.2, -0.15) is 0 Å². The van der Waals surface area contributed by atoms with Crippen molar-refractivity contribution >= 4 is 45.9 Å². The maximum Gasteiger partial charge on any atom is 0.325 e. The number of rotatable bonds is 6. The van der Waals surface area contributed by atoms with E-state index < -0.39 is 29.9 Å². The minimum atomic E-state index is -1.31. The van der Waals surface area contributed by atoms with E-state index in [0.717, 1.165) is 15.7 Å². The Morgan fingerprint density at radius 3 is 2.48 bits per heavy atom. The molecule has 0 bridgehead atoms. The molecular formula is C24H22ClN3O5. The molecule has 1 heterocycles. The minimum Gasteiger partial charge on any atom is -0.495 e. The largest absolute Gasteiger partial charge is 0.495 e. The number of halogens is 1. The van der Waals surface area contributed by atoms with E-state index >= 15 is 0 Å². The third-order valence-corrected chi connectivity index (χ3v) is 5.95. The highest BCUT2D eigenvalue weighted by atomic mass is 35.5. The van der Waals surface area contributed by atoms with Crippen LogP contribution in [0.1, 0.15) is 12.5 Å². The van der Waals surface area contributed by atoms with Crippen molar-refractivity contribution in [3.05, 3.63) is 65.2 Å². The van der Waals surface area contributed by atoms with Crippen LogP contribution in [0.3, 0.4) is 0 Å². The van der Waals surface area contributed by atoms with Crippen LogP contribution in [0.25, 0.3) is 10.8 Å². The van der Waals surface area contributed by atoms with Crippen molar-refractivity contribution < 1.29 is 23.9 Å². The van der Waals surface area contributed by atoms with E-state index in [1.807, 2.05) is 36.4 Å². The van der Waals surface area contributed by atoms with Gasteiger partial charge in [-0.3, -0.25) is 14.5 Å². The van der Waals surface area contributed by atoms with E-state index in [0.29, 0.717) is 17.1 Å². The van der Waals surface area contributed by atoms with Gasteiger partial charge in [-0.1, -0.05) is 54.1 Å². The van der Waals surface area contributed by atoms with Gasteiger partial charge in [0.15, 0.2) is 0 Å². The summed E-state index contributed by atoms with van der Waals surface area (Å²) < 4.78 is 10.4. The fraction of sp³-hybridized carbons (Fsp3) is 0.208. The third kappa shape index (κ3) is 3.93. The molecule has 0 radical (unpaired) electrons. The number of amides is 4. The first-order valence-corrected chi connectivity index (χ1v) is 10.5. The molecule has 3 aromatic rings. The summed E-state index contributed by atoms with van der Waals surface area (Å²) in [6.45, 7) is 1.16. The van der Waals surface area contributed by atoms with Crippen molar-refractivity contribution in [3.63, 3.8) is 0 Å². The van der Waals surface area contributed by atoms with Crippen LogP contribution in [0.5, 0.6) is 11.5 Å². The average Bonchev–Trinajstić information content (AvgIpc) is 3.02. The number of carbonyl (C=O) groups is 3. The van der Waals surface area contributed by atoms with Gasteiger partial charge in [-0.25, -0.2) is 4.79 Å². The Labute approximate surface area is 195 Å². The molecule has 9 heteroatoms. The second-order valence-corrected chi connectivity index (χ2v) is 8.12. The summed E-state index contributed by atoms with van der Waals surface area (Å²) >= 11 is 6.15. The first-order chi connectivity index (χ1) is 15.8. The molecular weight excluding hydrogens is 446 g/mol. The molecule has 0 saturated carbocycles. The van der Waals surface area contributed by atoms with E-state index in [4.69, 9.17) is 21.1 Å². The van der Waals surface area contributed by atoms with Crippen LogP contribution in [0, 0.1) is 0 Å². The van der Waals surface area contributed by atoms with Crippen LogP contribution in [0.15, 0.2) is 54.6 Å². The number of hydrogen-bond acceptors (Lipinski definition) is 5. The maximum absolute atomic E-state index is 13.3. The number of imide groups is 1. The molecule has 8 nitrogen and oxygen atoms in total. The number of methoxy groups -OCH3 is 2. The van der Waals surface area contributed by atoms with Crippen molar-refractivity contribution in [2.24, 2.45) is 0 Å². The Bertz CT molecular complexity index is 1270. The molecule has 1 aliphatic heterocycles. The molecule has 0 aliphatic carbocycles. The monoisotopic (exact) mass is 467 g/mol. The van der Waals surface area contributed by atoms with Gasteiger partial charge in [0.25, 0.3) is 5.91 Å². The van der Waals surface area contributed by atoms with Gasteiger partial charge < -0.3 is 20.1 Å². The van der Waals surface area contributed by atoms with Gasteiger partial charge >= 0.3 is 6.03 Å². The molecule has 33 heavy (non-hydrogen) atoms. The highest BCUT2D eigenvalue weighted by Crippen LogP contribution is 2.36. The average molecular weight is 468 g/mol. The zero-order chi connectivity index (χ0) is 23.8. The zero-order valence-electron chi connectivity index (χ0n) is 18.3. The fourth-order valence-corrected chi connectivity index (χ4v) is 4.22. The molecule has 4 rings (SSSR count). The van der Waals surface area contributed by atoms with Gasteiger partial charge in [-0.15, -0.1) is 0 Å². The summed E-state index contributed by atoms with van der Waals surface area (Å²) in [5.74, 6) is -0.396. The molecule has 1 atom stereocenters. The normalized spacial score (nSPS) is 17.8. The lowest BCUT2D eigenvalue weighted by Crippen LogP contribution is -2.42. The second kappa shape index (κ2) is 8.63. The number of hydrogen-bond donors (Lipinski definition) is 2. The van der Waals surface area contributed by atoms with E-state index in [-0.39, 0.29) is 10.7 Å². The first-order valence-electron chi connectivity index (χ1n) is 10.1. The molecule has 0 aromatic heterocycles. The lowest BCUT2D eigenvalue weighted by atomic mass is 9.88. The SMILES string of the molecule is COc1cc(OC)c(NC(=O)CN2C(=O)NC(C)(c3cccc4ccccc34)C2=O)cc1Cl. The first kappa shape index (κ1) is 22.4. The van der Waals surface area contributed by atoms with Crippen LogP contribution in [0.2, 0.25) is 5.02 Å². The Kier molecular flexibility index (Phi) is 5.86. The summed E-state index contributed by atoms with van der Waals surface area (Å²) in [6.07, 6.45) is 0. The van der Waals surface area contributed by atoms with Crippen LogP contribution in [-0.2, 0) is 15.1 Å². The molecule has 4 amide bonds. The molecule has 1 saturated heterocycles. The Hall–Kier alpha value is -3.78. The lowest BCUT2D eigenvalue weighted by Gasteiger charge is -2.24. The highest BCUT2D eigenvalue weighted by Gasteiger charge is 2.50. The number of nitrogens with one attached hydrogen (secondary N) is 2. The van der Waals surface area contributed by atoms with Crippen LogP contribution >= 0.6 is 11.6 Å². The number of carbonyl (C=O) groups excluding carboxylic acids is 3. The summed E-state index contributed by atoms with van der Waals surface area (Å²) in [6, 6.07) is 15.5. The minimum absolute atomic E-state index is 0.270. The number of anilines is 1. The predicted molar refractivity (Wildman–Crippen MR) is 125 cm³/mol. The van der Waals surface area contributed by atoms with E-state index in [2.05, 4.69) is 10.6 Å². The van der Waals surface area contributed by atoms with Crippen molar-refractivity contribution in [2.75, 3.05) is 26.1 Å². The third-order valence-electron chi connectivity index (χ3n) is 5.65. The number of nitrogens with zero attached hydrogens (tertiary/aromatic N) is 1. The van der Waals surface area contributed by atoms with Gasteiger partial charge in [-0.05, 0) is 29.3 Å². The summed E-state index contributed by atoms with van der Waals surface area (Å²) in [7, 11) is 2.90. The Morgan fingerprint density at radius 1 is 1.06 bits per heavy atom. The second-order valence-electron chi connectivity index (χ2n) is 7.71. The van der Waals surface area contributed by atoms with E-state index in [1.165, 1.54) is 26.4 Å². The van der Waals surface area contributed by atoms with Crippen LogP contribution in [0.4, 0.5) is 10.5 Å². The number of urea groups is 1. The van der Waals surface area contributed by atoms with E-state index in [1.54, 1.807) is 13.0 Å². The highest BCUT2D eigenvalue weighted by molar-refractivity contribution is 6.32. The van der Waals surface area contributed by atoms with Gasteiger partial charge in [0.05, 0.1) is 24.9 Å². The predicted octanol–water partition coefficient (Wildman–Crippen LogP) is 3.92. The topological polar surface area (TPSA) is 97.0 Å². The number of benzene rings is 3. The molecule has 1 aliphatic rings. The van der Waals surface area contributed by atoms with Crippen molar-refractivity contribution in [1.29, 1.82) is 0 Å². The maximum atomic E-state index is 13.3. The molecule has 3 aromatic carbocycles. The summed E-state index contributed by atoms with van der Waals surface area (Å²) in [4.78, 5) is 39.7. The molecule has 1 unspecified atom stereocenters.